The van der Waals surface area contributed by atoms with Crippen molar-refractivity contribution < 1.29 is 14.7 Å². The molecule has 0 bridgehead atoms. The van der Waals surface area contributed by atoms with Crippen molar-refractivity contribution in [2.75, 3.05) is 13.2 Å². The second-order valence-electron chi connectivity index (χ2n) is 1.96. The van der Waals surface area contributed by atoms with Gasteiger partial charge in [-0.05, 0) is 6.42 Å². The summed E-state index contributed by atoms with van der Waals surface area (Å²) >= 11 is 0. The molecule has 2 N–H and O–H groups in total. The molecule has 0 spiro atoms. The fraction of sp³-hybridized carbons (Fsp3) is 0.571. The van der Waals surface area contributed by atoms with E-state index in [1.165, 1.54) is 0 Å². The van der Waals surface area contributed by atoms with Crippen LogP contribution in [-0.4, -0.2) is 24.2 Å². The van der Waals surface area contributed by atoms with Gasteiger partial charge in [0.15, 0.2) is 0 Å². The molecule has 0 aliphatic heterocycles. The molecule has 64 valence electrons. The molecule has 0 aromatic carbocycles. The fourth-order valence-corrected chi connectivity index (χ4v) is 0.395. The molecule has 0 aliphatic rings. The van der Waals surface area contributed by atoms with Crippen molar-refractivity contribution in [3.8, 4) is 0 Å². The van der Waals surface area contributed by atoms with E-state index in [0.717, 1.165) is 0 Å². The van der Waals surface area contributed by atoms with Gasteiger partial charge < -0.3 is 5.11 Å². The number of aliphatic hydroxyl groups is 1. The zero-order valence-electron chi connectivity index (χ0n) is 6.59. The second kappa shape index (κ2) is 5.88. The first-order valence-electron chi connectivity index (χ1n) is 3.43. The van der Waals surface area contributed by atoms with Gasteiger partial charge >= 0.3 is 0 Å². The van der Waals surface area contributed by atoms with Gasteiger partial charge in [-0.1, -0.05) is 13.5 Å². The summed E-state index contributed by atoms with van der Waals surface area (Å²) in [6, 6.07) is 0. The Hall–Kier alpha value is -0.870. The number of carbonyl (C=O) groups is 1. The molecule has 0 aromatic heterocycles. The number of carbonyl (C=O) groups excluding carboxylic acids is 1. The maximum atomic E-state index is 10.8. The van der Waals surface area contributed by atoms with E-state index in [-0.39, 0.29) is 19.1 Å². The lowest BCUT2D eigenvalue weighted by atomic mass is 10.2. The largest absolute Gasteiger partial charge is 0.394 e. The number of hydroxylamine groups is 1. The molecule has 4 heteroatoms. The first-order valence-corrected chi connectivity index (χ1v) is 3.43. The van der Waals surface area contributed by atoms with Crippen LogP contribution in [0.5, 0.6) is 0 Å². The summed E-state index contributed by atoms with van der Waals surface area (Å²) in [7, 11) is 0. The molecule has 0 aromatic rings. The normalized spacial score (nSPS) is 9.27. The zero-order valence-corrected chi connectivity index (χ0v) is 6.59. The van der Waals surface area contributed by atoms with Crippen LogP contribution in [0.1, 0.15) is 13.3 Å². The fourth-order valence-electron chi connectivity index (χ4n) is 0.395. The van der Waals surface area contributed by atoms with Crippen LogP contribution in [0.25, 0.3) is 0 Å². The van der Waals surface area contributed by atoms with Crippen LogP contribution in [0.15, 0.2) is 12.2 Å². The van der Waals surface area contributed by atoms with Gasteiger partial charge in [0, 0.05) is 5.57 Å². The predicted molar refractivity (Wildman–Crippen MR) is 40.6 cm³/mol. The molecule has 0 unspecified atom stereocenters. The Morgan fingerprint density at radius 1 is 1.73 bits per heavy atom. The molecule has 0 aliphatic carbocycles. The summed E-state index contributed by atoms with van der Waals surface area (Å²) in [5.41, 5.74) is 2.60. The monoisotopic (exact) mass is 159 g/mol. The van der Waals surface area contributed by atoms with Gasteiger partial charge in [-0.25, -0.2) is 5.48 Å². The molecule has 11 heavy (non-hydrogen) atoms. The molecule has 0 saturated carbocycles. The molecule has 0 heterocycles. The van der Waals surface area contributed by atoms with E-state index in [0.29, 0.717) is 12.0 Å². The number of aliphatic hydroxyl groups excluding tert-OH is 1. The van der Waals surface area contributed by atoms with E-state index in [1.807, 2.05) is 6.92 Å². The molecule has 0 rings (SSSR count). The third-order valence-corrected chi connectivity index (χ3v) is 1.11. The highest BCUT2D eigenvalue weighted by molar-refractivity contribution is 5.91. The highest BCUT2D eigenvalue weighted by atomic mass is 16.7. The van der Waals surface area contributed by atoms with Gasteiger partial charge in [0.05, 0.1) is 13.2 Å². The van der Waals surface area contributed by atoms with Crippen molar-refractivity contribution in [1.29, 1.82) is 0 Å². The summed E-state index contributed by atoms with van der Waals surface area (Å²) < 4.78 is 0. The molecule has 1 amide bonds. The smallest absolute Gasteiger partial charge is 0.270 e. The molecule has 4 nitrogen and oxygen atoms in total. The van der Waals surface area contributed by atoms with Crippen molar-refractivity contribution in [3.05, 3.63) is 12.2 Å². The highest BCUT2D eigenvalue weighted by Gasteiger charge is 2.02. The van der Waals surface area contributed by atoms with Crippen molar-refractivity contribution in [2.45, 2.75) is 13.3 Å². The summed E-state index contributed by atoms with van der Waals surface area (Å²) in [5, 5.41) is 8.28. The van der Waals surface area contributed by atoms with E-state index in [2.05, 4.69) is 16.9 Å². The van der Waals surface area contributed by atoms with Gasteiger partial charge in [0.25, 0.3) is 5.91 Å². The van der Waals surface area contributed by atoms with Gasteiger partial charge in [-0.3, -0.25) is 9.63 Å². The lowest BCUT2D eigenvalue weighted by molar-refractivity contribution is -0.130. The molecule has 0 saturated heterocycles. The van der Waals surface area contributed by atoms with Crippen LogP contribution in [0.2, 0.25) is 0 Å². The molecular formula is C7H13NO3. The Morgan fingerprint density at radius 3 is 2.82 bits per heavy atom. The minimum atomic E-state index is -0.332. The third kappa shape index (κ3) is 4.52. The van der Waals surface area contributed by atoms with E-state index in [4.69, 9.17) is 5.11 Å². The van der Waals surface area contributed by atoms with Crippen molar-refractivity contribution >= 4 is 5.91 Å². The summed E-state index contributed by atoms with van der Waals surface area (Å²) in [5.74, 6) is -0.332. The Kier molecular flexibility index (Phi) is 5.42. The minimum Gasteiger partial charge on any atom is -0.394 e. The minimum absolute atomic E-state index is 0.0999. The molecule has 0 radical (unpaired) electrons. The molecule has 0 fully saturated rings. The Bertz CT molecular complexity index is 145. The number of amides is 1. The van der Waals surface area contributed by atoms with Crippen LogP contribution >= 0.6 is 0 Å². The average Bonchev–Trinajstić information content (AvgIpc) is 2.03. The van der Waals surface area contributed by atoms with Crippen LogP contribution in [-0.2, 0) is 9.63 Å². The average molecular weight is 159 g/mol. The SMILES string of the molecule is C=C(CC)C(=O)NOCCO. The number of nitrogens with one attached hydrogen (secondary N) is 1. The standard InChI is InChI=1S/C7H13NO3/c1-3-6(2)7(10)8-11-5-4-9/h9H,2-5H2,1H3,(H,8,10). The van der Waals surface area contributed by atoms with Crippen molar-refractivity contribution in [1.82, 2.24) is 5.48 Å². The summed E-state index contributed by atoms with van der Waals surface area (Å²) in [4.78, 5) is 15.4. The van der Waals surface area contributed by atoms with Crippen molar-refractivity contribution in [2.24, 2.45) is 0 Å². The lowest BCUT2D eigenvalue weighted by Crippen LogP contribution is -2.25. The maximum Gasteiger partial charge on any atom is 0.270 e. The van der Waals surface area contributed by atoms with E-state index < -0.39 is 0 Å². The lowest BCUT2D eigenvalue weighted by Gasteiger charge is -2.03. The van der Waals surface area contributed by atoms with Crippen LogP contribution in [0.3, 0.4) is 0 Å². The van der Waals surface area contributed by atoms with E-state index in [1.54, 1.807) is 0 Å². The van der Waals surface area contributed by atoms with Crippen LogP contribution < -0.4 is 5.48 Å². The topological polar surface area (TPSA) is 58.6 Å². The Labute approximate surface area is 65.8 Å². The quantitative estimate of drug-likeness (QED) is 0.337. The van der Waals surface area contributed by atoms with Gasteiger partial charge in [0.2, 0.25) is 0 Å². The van der Waals surface area contributed by atoms with Crippen LogP contribution in [0, 0.1) is 0 Å². The maximum absolute atomic E-state index is 10.8. The summed E-state index contributed by atoms with van der Waals surface area (Å²) in [6.07, 6.45) is 0.592. The first-order chi connectivity index (χ1) is 5.22. The third-order valence-electron chi connectivity index (χ3n) is 1.11. The molecular weight excluding hydrogens is 146 g/mol. The Morgan fingerprint density at radius 2 is 2.36 bits per heavy atom. The predicted octanol–water partition coefficient (Wildman–Crippen LogP) is -0.00730. The first kappa shape index (κ1) is 10.1. The van der Waals surface area contributed by atoms with Gasteiger partial charge in [0.1, 0.15) is 0 Å². The number of hydrogen-bond acceptors (Lipinski definition) is 3. The number of rotatable bonds is 5. The second-order valence-corrected chi connectivity index (χ2v) is 1.96. The van der Waals surface area contributed by atoms with Gasteiger partial charge in [-0.15, -0.1) is 0 Å². The zero-order chi connectivity index (χ0) is 8.69. The Balaban J connectivity index is 3.44. The highest BCUT2D eigenvalue weighted by Crippen LogP contribution is 1.94. The van der Waals surface area contributed by atoms with Crippen molar-refractivity contribution in [3.63, 3.8) is 0 Å². The molecule has 0 atom stereocenters. The summed E-state index contributed by atoms with van der Waals surface area (Å²) in [6.45, 7) is 5.31. The van der Waals surface area contributed by atoms with E-state index in [9.17, 15) is 4.79 Å². The number of hydrogen-bond donors (Lipinski definition) is 2. The van der Waals surface area contributed by atoms with Crippen LogP contribution in [0.4, 0.5) is 0 Å². The van der Waals surface area contributed by atoms with E-state index >= 15 is 0 Å². The van der Waals surface area contributed by atoms with Gasteiger partial charge in [-0.2, -0.15) is 0 Å².